The summed E-state index contributed by atoms with van der Waals surface area (Å²) in [6, 6.07) is 9.70. The highest BCUT2D eigenvalue weighted by Crippen LogP contribution is 2.32. The van der Waals surface area contributed by atoms with Crippen molar-refractivity contribution in [2.75, 3.05) is 0 Å². The van der Waals surface area contributed by atoms with E-state index < -0.39 is 5.97 Å². The van der Waals surface area contributed by atoms with Crippen LogP contribution in [0.3, 0.4) is 0 Å². The summed E-state index contributed by atoms with van der Waals surface area (Å²) in [6.45, 7) is 3.97. The molecule has 1 heterocycles. The molecule has 1 atom stereocenters. The van der Waals surface area contributed by atoms with Crippen molar-refractivity contribution in [1.82, 2.24) is 4.98 Å². The van der Waals surface area contributed by atoms with Crippen molar-refractivity contribution in [3.63, 3.8) is 0 Å². The van der Waals surface area contributed by atoms with Crippen LogP contribution in [0.25, 0.3) is 0 Å². The van der Waals surface area contributed by atoms with Gasteiger partial charge >= 0.3 is 5.97 Å². The van der Waals surface area contributed by atoms with Crippen LogP contribution in [0.5, 0.6) is 0 Å². The van der Waals surface area contributed by atoms with Crippen LogP contribution in [-0.4, -0.2) is 16.1 Å². The Hall–Kier alpha value is -1.68. The lowest BCUT2D eigenvalue weighted by Gasteiger charge is -2.12. The first-order chi connectivity index (χ1) is 8.58. The molecule has 3 nitrogen and oxygen atoms in total. The van der Waals surface area contributed by atoms with Gasteiger partial charge in [0.1, 0.15) is 5.01 Å². The lowest BCUT2D eigenvalue weighted by atomic mass is 9.96. The van der Waals surface area contributed by atoms with Crippen molar-refractivity contribution in [3.8, 4) is 0 Å². The van der Waals surface area contributed by atoms with E-state index in [9.17, 15) is 4.79 Å². The average molecular weight is 261 g/mol. The van der Waals surface area contributed by atoms with Crippen molar-refractivity contribution in [1.29, 1.82) is 0 Å². The predicted octanol–water partition coefficient (Wildman–Crippen LogP) is 3.37. The molecule has 0 saturated carbocycles. The quantitative estimate of drug-likeness (QED) is 0.918. The SMILES string of the molecule is Cc1nc(C(CC(=O)O)c2ccccc2)sc1C. The number of aryl methyl sites for hydroxylation is 2. The normalized spacial score (nSPS) is 12.3. The van der Waals surface area contributed by atoms with Gasteiger partial charge in [0.25, 0.3) is 0 Å². The number of carbonyl (C=O) groups is 1. The van der Waals surface area contributed by atoms with Gasteiger partial charge in [-0.25, -0.2) is 4.98 Å². The second-order valence-corrected chi connectivity index (χ2v) is 5.49. The molecule has 1 N–H and O–H groups in total. The van der Waals surface area contributed by atoms with Crippen LogP contribution in [0.2, 0.25) is 0 Å². The molecule has 1 aromatic carbocycles. The van der Waals surface area contributed by atoms with Gasteiger partial charge in [0, 0.05) is 10.8 Å². The van der Waals surface area contributed by atoms with E-state index in [0.717, 1.165) is 21.1 Å². The second kappa shape index (κ2) is 5.31. The third-order valence-corrected chi connectivity index (χ3v) is 4.11. The van der Waals surface area contributed by atoms with Crippen LogP contribution in [0.1, 0.15) is 33.5 Å². The van der Waals surface area contributed by atoms with Gasteiger partial charge in [-0.05, 0) is 19.4 Å². The Kier molecular flexibility index (Phi) is 3.77. The maximum Gasteiger partial charge on any atom is 0.304 e. The van der Waals surface area contributed by atoms with E-state index in [4.69, 9.17) is 5.11 Å². The van der Waals surface area contributed by atoms with Gasteiger partial charge in [-0.15, -0.1) is 11.3 Å². The molecule has 0 radical (unpaired) electrons. The first kappa shape index (κ1) is 12.8. The molecule has 0 spiro atoms. The Balaban J connectivity index is 2.39. The molecular formula is C14H15NO2S. The molecule has 4 heteroatoms. The molecule has 1 unspecified atom stereocenters. The fraction of sp³-hybridized carbons (Fsp3) is 0.286. The second-order valence-electron chi connectivity index (χ2n) is 4.25. The Morgan fingerprint density at radius 2 is 2.00 bits per heavy atom. The minimum absolute atomic E-state index is 0.0798. The van der Waals surface area contributed by atoms with E-state index in [1.165, 1.54) is 0 Å². The Labute approximate surface area is 110 Å². The van der Waals surface area contributed by atoms with Crippen LogP contribution < -0.4 is 0 Å². The number of carboxylic acids is 1. The fourth-order valence-corrected chi connectivity index (χ4v) is 2.91. The monoisotopic (exact) mass is 261 g/mol. The van der Waals surface area contributed by atoms with E-state index >= 15 is 0 Å². The van der Waals surface area contributed by atoms with Gasteiger partial charge in [0.05, 0.1) is 12.1 Å². The zero-order valence-electron chi connectivity index (χ0n) is 10.4. The van der Waals surface area contributed by atoms with Gasteiger partial charge in [-0.1, -0.05) is 30.3 Å². The van der Waals surface area contributed by atoms with E-state index in [0.29, 0.717) is 0 Å². The maximum atomic E-state index is 11.0. The Morgan fingerprint density at radius 3 is 2.50 bits per heavy atom. The van der Waals surface area contributed by atoms with Gasteiger partial charge in [-0.2, -0.15) is 0 Å². The number of hydrogen-bond acceptors (Lipinski definition) is 3. The summed E-state index contributed by atoms with van der Waals surface area (Å²) in [7, 11) is 0. The summed E-state index contributed by atoms with van der Waals surface area (Å²) < 4.78 is 0. The first-order valence-electron chi connectivity index (χ1n) is 5.78. The number of carboxylic acid groups (broad SMARTS) is 1. The first-order valence-corrected chi connectivity index (χ1v) is 6.60. The van der Waals surface area contributed by atoms with Gasteiger partial charge in [0.15, 0.2) is 0 Å². The summed E-state index contributed by atoms with van der Waals surface area (Å²) in [4.78, 5) is 16.7. The molecule has 0 aliphatic heterocycles. The highest BCUT2D eigenvalue weighted by atomic mass is 32.1. The molecule has 0 fully saturated rings. The lowest BCUT2D eigenvalue weighted by molar-refractivity contribution is -0.137. The van der Waals surface area contributed by atoms with Gasteiger partial charge < -0.3 is 5.11 Å². The molecule has 2 aromatic rings. The van der Waals surface area contributed by atoms with Crippen LogP contribution in [0.4, 0.5) is 0 Å². The van der Waals surface area contributed by atoms with E-state index in [-0.39, 0.29) is 12.3 Å². The summed E-state index contributed by atoms with van der Waals surface area (Å²) in [5, 5.41) is 9.95. The molecule has 2 rings (SSSR count). The molecule has 0 amide bonds. The molecular weight excluding hydrogens is 246 g/mol. The van der Waals surface area contributed by atoms with Crippen molar-refractivity contribution < 1.29 is 9.90 Å². The van der Waals surface area contributed by atoms with Crippen LogP contribution in [0, 0.1) is 13.8 Å². The van der Waals surface area contributed by atoms with Crippen molar-refractivity contribution in [2.45, 2.75) is 26.2 Å². The lowest BCUT2D eigenvalue weighted by Crippen LogP contribution is -2.07. The highest BCUT2D eigenvalue weighted by molar-refractivity contribution is 7.11. The third kappa shape index (κ3) is 2.76. The molecule has 0 aliphatic rings. The molecule has 0 saturated heterocycles. The smallest absolute Gasteiger partial charge is 0.304 e. The number of aliphatic carboxylic acids is 1. The maximum absolute atomic E-state index is 11.0. The number of rotatable bonds is 4. The number of benzene rings is 1. The summed E-state index contributed by atoms with van der Waals surface area (Å²) >= 11 is 1.58. The Morgan fingerprint density at radius 1 is 1.33 bits per heavy atom. The van der Waals surface area contributed by atoms with Crippen molar-refractivity contribution in [3.05, 3.63) is 51.5 Å². The van der Waals surface area contributed by atoms with E-state index in [1.54, 1.807) is 11.3 Å². The number of aromatic nitrogens is 1. The largest absolute Gasteiger partial charge is 0.481 e. The van der Waals surface area contributed by atoms with Crippen molar-refractivity contribution >= 4 is 17.3 Å². The van der Waals surface area contributed by atoms with Crippen LogP contribution in [-0.2, 0) is 4.79 Å². The van der Waals surface area contributed by atoms with Gasteiger partial charge in [0.2, 0.25) is 0 Å². The van der Waals surface area contributed by atoms with E-state index in [2.05, 4.69) is 4.98 Å². The number of nitrogens with zero attached hydrogens (tertiary/aromatic N) is 1. The highest BCUT2D eigenvalue weighted by Gasteiger charge is 2.21. The predicted molar refractivity (Wildman–Crippen MR) is 72.1 cm³/mol. The molecule has 0 bridgehead atoms. The standard InChI is InChI=1S/C14H15NO2S/c1-9-10(2)18-14(15-9)12(8-13(16)17)11-6-4-3-5-7-11/h3-7,12H,8H2,1-2H3,(H,16,17). The van der Waals surface area contributed by atoms with Crippen molar-refractivity contribution in [2.24, 2.45) is 0 Å². The summed E-state index contributed by atoms with van der Waals surface area (Å²) in [5.41, 5.74) is 2.00. The Bertz CT molecular complexity index is 529. The summed E-state index contributed by atoms with van der Waals surface area (Å²) in [6.07, 6.45) is 0.0798. The average Bonchev–Trinajstić information content (AvgIpc) is 2.67. The fourth-order valence-electron chi connectivity index (χ4n) is 1.85. The molecule has 94 valence electrons. The summed E-state index contributed by atoms with van der Waals surface area (Å²) in [5.74, 6) is -0.949. The zero-order valence-corrected chi connectivity index (χ0v) is 11.2. The number of thiazole rings is 1. The minimum atomic E-state index is -0.797. The van der Waals surface area contributed by atoms with Gasteiger partial charge in [-0.3, -0.25) is 4.79 Å². The minimum Gasteiger partial charge on any atom is -0.481 e. The topological polar surface area (TPSA) is 50.2 Å². The van der Waals surface area contributed by atoms with Crippen LogP contribution in [0.15, 0.2) is 30.3 Å². The molecule has 18 heavy (non-hydrogen) atoms. The van der Waals surface area contributed by atoms with Crippen LogP contribution >= 0.6 is 11.3 Å². The third-order valence-electron chi connectivity index (χ3n) is 2.92. The number of hydrogen-bond donors (Lipinski definition) is 1. The zero-order chi connectivity index (χ0) is 13.1. The van der Waals surface area contributed by atoms with E-state index in [1.807, 2.05) is 44.2 Å². The molecule has 1 aromatic heterocycles. The molecule has 0 aliphatic carbocycles.